The van der Waals surface area contributed by atoms with Gasteiger partial charge in [0.05, 0.1) is 26.6 Å². The first-order valence-corrected chi connectivity index (χ1v) is 6.26. The molecule has 0 bridgehead atoms. The predicted molar refractivity (Wildman–Crippen MR) is 71.0 cm³/mol. The van der Waals surface area contributed by atoms with Crippen molar-refractivity contribution in [1.29, 1.82) is 0 Å². The molecule has 6 nitrogen and oxygen atoms in total. The van der Waals surface area contributed by atoms with E-state index in [1.165, 1.54) is 7.11 Å². The number of hydrogen-bond donors (Lipinski definition) is 1. The Kier molecular flexibility index (Phi) is 4.12. The number of hydrogen-bond acceptors (Lipinski definition) is 4. The maximum atomic E-state index is 12.0. The van der Waals surface area contributed by atoms with Crippen molar-refractivity contribution >= 4 is 11.9 Å². The van der Waals surface area contributed by atoms with E-state index in [0.717, 1.165) is 5.56 Å². The molecule has 0 spiro atoms. The Morgan fingerprint density at radius 2 is 2.00 bits per heavy atom. The number of aliphatic carboxylic acids is 1. The maximum absolute atomic E-state index is 12.0. The van der Waals surface area contributed by atoms with Crippen LogP contribution in [0.1, 0.15) is 5.56 Å². The van der Waals surface area contributed by atoms with Gasteiger partial charge in [-0.15, -0.1) is 0 Å². The van der Waals surface area contributed by atoms with Gasteiger partial charge in [0.2, 0.25) is 5.91 Å². The van der Waals surface area contributed by atoms with Crippen molar-refractivity contribution in [2.75, 3.05) is 27.3 Å². The van der Waals surface area contributed by atoms with Gasteiger partial charge in [-0.25, -0.2) is 0 Å². The van der Waals surface area contributed by atoms with Crippen LogP contribution in [-0.4, -0.2) is 49.2 Å². The second-order valence-corrected chi connectivity index (χ2v) is 4.69. The fraction of sp³-hybridized carbons (Fsp3) is 0.429. The Hall–Kier alpha value is -2.24. The van der Waals surface area contributed by atoms with Crippen molar-refractivity contribution in [2.24, 2.45) is 5.92 Å². The molecule has 0 atom stereocenters. The number of carbonyl (C=O) groups excluding carboxylic acids is 1. The normalized spacial score (nSPS) is 14.6. The third-order valence-electron chi connectivity index (χ3n) is 3.42. The van der Waals surface area contributed by atoms with Gasteiger partial charge in [0.1, 0.15) is 11.5 Å². The molecule has 1 N–H and O–H groups in total. The Labute approximate surface area is 116 Å². The Morgan fingerprint density at radius 3 is 2.55 bits per heavy atom. The van der Waals surface area contributed by atoms with Crippen molar-refractivity contribution in [3.63, 3.8) is 0 Å². The summed E-state index contributed by atoms with van der Waals surface area (Å²) in [5, 5.41) is 8.79. The zero-order chi connectivity index (χ0) is 14.7. The van der Waals surface area contributed by atoms with Gasteiger partial charge in [-0.1, -0.05) is 6.07 Å². The van der Waals surface area contributed by atoms with E-state index < -0.39 is 11.9 Å². The molecule has 2 rings (SSSR count). The molecule has 1 saturated heterocycles. The van der Waals surface area contributed by atoms with Gasteiger partial charge in [0.25, 0.3) is 0 Å². The number of rotatable bonds is 5. The lowest BCUT2D eigenvalue weighted by Crippen LogP contribution is -2.53. The van der Waals surface area contributed by atoms with E-state index in [4.69, 9.17) is 14.6 Å². The van der Waals surface area contributed by atoms with Gasteiger partial charge in [0, 0.05) is 24.7 Å². The number of nitrogens with zero attached hydrogens (tertiary/aromatic N) is 1. The van der Waals surface area contributed by atoms with E-state index in [9.17, 15) is 9.59 Å². The molecule has 108 valence electrons. The number of benzene rings is 1. The summed E-state index contributed by atoms with van der Waals surface area (Å²) in [5.74, 6) is -0.125. The van der Waals surface area contributed by atoms with Crippen LogP contribution < -0.4 is 9.47 Å². The number of ether oxygens (including phenoxy) is 2. The molecule has 0 saturated carbocycles. The summed E-state index contributed by atoms with van der Waals surface area (Å²) in [6.07, 6.45) is 0.194. The van der Waals surface area contributed by atoms with Gasteiger partial charge < -0.3 is 19.5 Å². The Bertz CT molecular complexity index is 522. The highest BCUT2D eigenvalue weighted by atomic mass is 16.5. The lowest BCUT2D eigenvalue weighted by Gasteiger charge is -2.36. The summed E-state index contributed by atoms with van der Waals surface area (Å²) in [4.78, 5) is 24.3. The maximum Gasteiger partial charge on any atom is 0.310 e. The lowest BCUT2D eigenvalue weighted by molar-refractivity contribution is -0.152. The fourth-order valence-corrected chi connectivity index (χ4v) is 2.11. The number of likely N-dealkylation sites (tertiary alicyclic amines) is 1. The molecule has 1 heterocycles. The largest absolute Gasteiger partial charge is 0.497 e. The Balaban J connectivity index is 2.00. The SMILES string of the molecule is COc1ccc(CC(=O)N2CC(C(=O)O)C2)c(OC)c1. The standard InChI is InChI=1S/C14H17NO5/c1-19-11-4-3-9(12(6-11)20-2)5-13(16)15-7-10(8-15)14(17)18/h3-4,6,10H,5,7-8H2,1-2H3,(H,17,18). The second kappa shape index (κ2) is 5.81. The molecular weight excluding hydrogens is 262 g/mol. The van der Waals surface area contributed by atoms with Crippen LogP contribution in [0.15, 0.2) is 18.2 Å². The molecule has 1 amide bonds. The number of amides is 1. The van der Waals surface area contributed by atoms with Crippen molar-refractivity contribution in [2.45, 2.75) is 6.42 Å². The molecule has 0 aliphatic carbocycles. The fourth-order valence-electron chi connectivity index (χ4n) is 2.11. The average molecular weight is 279 g/mol. The van der Waals surface area contributed by atoms with Crippen molar-refractivity contribution in [3.8, 4) is 11.5 Å². The van der Waals surface area contributed by atoms with E-state index >= 15 is 0 Å². The monoisotopic (exact) mass is 279 g/mol. The van der Waals surface area contributed by atoms with Crippen LogP contribution >= 0.6 is 0 Å². The number of carboxylic acid groups (broad SMARTS) is 1. The minimum atomic E-state index is -0.851. The Morgan fingerprint density at radius 1 is 1.30 bits per heavy atom. The predicted octanol–water partition coefficient (Wildman–Crippen LogP) is 0.789. The second-order valence-electron chi connectivity index (χ2n) is 4.69. The van der Waals surface area contributed by atoms with Crippen molar-refractivity contribution in [1.82, 2.24) is 4.90 Å². The van der Waals surface area contributed by atoms with Gasteiger partial charge in [-0.3, -0.25) is 9.59 Å². The number of methoxy groups -OCH3 is 2. The quantitative estimate of drug-likeness (QED) is 0.862. The average Bonchev–Trinajstić information content (AvgIpc) is 2.36. The molecule has 1 fully saturated rings. The van der Waals surface area contributed by atoms with Crippen LogP contribution in [0.3, 0.4) is 0 Å². The van der Waals surface area contributed by atoms with Crippen molar-refractivity contribution in [3.05, 3.63) is 23.8 Å². The van der Waals surface area contributed by atoms with E-state index in [2.05, 4.69) is 0 Å². The van der Waals surface area contributed by atoms with Gasteiger partial charge in [-0.05, 0) is 6.07 Å². The highest BCUT2D eigenvalue weighted by Crippen LogP contribution is 2.26. The molecule has 20 heavy (non-hydrogen) atoms. The number of carbonyl (C=O) groups is 2. The molecule has 1 aromatic rings. The summed E-state index contributed by atoms with van der Waals surface area (Å²) in [6.45, 7) is 0.569. The van der Waals surface area contributed by atoms with E-state index in [1.54, 1.807) is 30.2 Å². The van der Waals surface area contributed by atoms with Crippen molar-refractivity contribution < 1.29 is 24.2 Å². The lowest BCUT2D eigenvalue weighted by atomic mass is 9.99. The molecule has 0 unspecified atom stereocenters. The van der Waals surface area contributed by atoms with Gasteiger partial charge >= 0.3 is 5.97 Å². The summed E-state index contributed by atoms with van der Waals surface area (Å²) < 4.78 is 10.3. The van der Waals surface area contributed by atoms with Gasteiger partial charge in [-0.2, -0.15) is 0 Å². The highest BCUT2D eigenvalue weighted by Gasteiger charge is 2.35. The third kappa shape index (κ3) is 2.84. The van der Waals surface area contributed by atoms with Crippen LogP contribution in [0.2, 0.25) is 0 Å². The smallest absolute Gasteiger partial charge is 0.310 e. The topological polar surface area (TPSA) is 76.1 Å². The van der Waals surface area contributed by atoms with Crippen LogP contribution in [0, 0.1) is 5.92 Å². The summed E-state index contributed by atoms with van der Waals surface area (Å²) >= 11 is 0. The van der Waals surface area contributed by atoms with Crippen LogP contribution in [0.4, 0.5) is 0 Å². The minimum absolute atomic E-state index is 0.0917. The molecule has 0 radical (unpaired) electrons. The number of carboxylic acids is 1. The summed E-state index contributed by atoms with van der Waals surface area (Å²) in [7, 11) is 3.10. The minimum Gasteiger partial charge on any atom is -0.497 e. The first-order valence-electron chi connectivity index (χ1n) is 6.26. The first-order chi connectivity index (χ1) is 9.55. The van der Waals surface area contributed by atoms with E-state index in [-0.39, 0.29) is 25.4 Å². The first kappa shape index (κ1) is 14.2. The molecule has 1 aliphatic heterocycles. The molecule has 1 aliphatic rings. The third-order valence-corrected chi connectivity index (χ3v) is 3.42. The zero-order valence-electron chi connectivity index (χ0n) is 11.5. The van der Waals surface area contributed by atoms with Crippen LogP contribution in [0.5, 0.6) is 11.5 Å². The molecule has 1 aromatic carbocycles. The van der Waals surface area contributed by atoms with Crippen LogP contribution in [0.25, 0.3) is 0 Å². The zero-order valence-corrected chi connectivity index (χ0v) is 11.5. The molecule has 0 aromatic heterocycles. The summed E-state index contributed by atoms with van der Waals surface area (Å²) in [5.41, 5.74) is 0.761. The molecular formula is C14H17NO5. The van der Waals surface area contributed by atoms with E-state index in [0.29, 0.717) is 11.5 Å². The molecule has 6 heteroatoms. The highest BCUT2D eigenvalue weighted by molar-refractivity contribution is 5.83. The van der Waals surface area contributed by atoms with Crippen LogP contribution in [-0.2, 0) is 16.0 Å². The van der Waals surface area contributed by atoms with E-state index in [1.807, 2.05) is 0 Å². The summed E-state index contributed by atoms with van der Waals surface area (Å²) in [6, 6.07) is 5.27. The van der Waals surface area contributed by atoms with Gasteiger partial charge in [0.15, 0.2) is 0 Å².